The van der Waals surface area contributed by atoms with E-state index in [2.05, 4.69) is 5.32 Å². The number of halogens is 1. The molecular weight excluding hydrogens is 254 g/mol. The number of amides is 1. The fourth-order valence-electron chi connectivity index (χ4n) is 2.18. The lowest BCUT2D eigenvalue weighted by Gasteiger charge is -2.15. The SMILES string of the molecule is COc1ccc(CC2CCC(=O)N2)c(Cl)c1OC. The summed E-state index contributed by atoms with van der Waals surface area (Å²) in [5, 5.41) is 3.48. The van der Waals surface area contributed by atoms with E-state index in [4.69, 9.17) is 21.1 Å². The summed E-state index contributed by atoms with van der Waals surface area (Å²) in [6, 6.07) is 3.90. The summed E-state index contributed by atoms with van der Waals surface area (Å²) < 4.78 is 10.4. The molecule has 0 spiro atoms. The highest BCUT2D eigenvalue weighted by atomic mass is 35.5. The van der Waals surface area contributed by atoms with E-state index in [1.807, 2.05) is 12.1 Å². The molecule has 0 radical (unpaired) electrons. The minimum atomic E-state index is 0.108. The van der Waals surface area contributed by atoms with Crippen LogP contribution in [0, 0.1) is 0 Å². The zero-order valence-electron chi connectivity index (χ0n) is 10.5. The van der Waals surface area contributed by atoms with Gasteiger partial charge in [-0.15, -0.1) is 0 Å². The van der Waals surface area contributed by atoms with Crippen molar-refractivity contribution in [3.05, 3.63) is 22.7 Å². The number of carbonyl (C=O) groups is 1. The smallest absolute Gasteiger partial charge is 0.220 e. The summed E-state index contributed by atoms with van der Waals surface area (Å²) in [4.78, 5) is 11.2. The van der Waals surface area contributed by atoms with E-state index in [0.717, 1.165) is 12.0 Å². The number of methoxy groups -OCH3 is 2. The first-order valence-corrected chi connectivity index (χ1v) is 6.22. The van der Waals surface area contributed by atoms with Crippen LogP contribution >= 0.6 is 11.6 Å². The van der Waals surface area contributed by atoms with Crippen LogP contribution in [0.3, 0.4) is 0 Å². The Balaban J connectivity index is 2.20. The molecule has 2 rings (SSSR count). The van der Waals surface area contributed by atoms with Crippen LogP contribution in [-0.2, 0) is 11.2 Å². The van der Waals surface area contributed by atoms with E-state index >= 15 is 0 Å². The van der Waals surface area contributed by atoms with E-state index in [1.165, 1.54) is 0 Å². The van der Waals surface area contributed by atoms with Crippen LogP contribution in [0.4, 0.5) is 0 Å². The molecule has 0 bridgehead atoms. The van der Waals surface area contributed by atoms with Crippen molar-refractivity contribution < 1.29 is 14.3 Å². The molecule has 0 aromatic heterocycles. The average Bonchev–Trinajstić information content (AvgIpc) is 2.77. The molecule has 0 aliphatic carbocycles. The van der Waals surface area contributed by atoms with Gasteiger partial charge in [-0.2, -0.15) is 0 Å². The molecular formula is C13H16ClNO3. The maximum atomic E-state index is 11.2. The highest BCUT2D eigenvalue weighted by Crippen LogP contribution is 2.38. The second-order valence-electron chi connectivity index (χ2n) is 4.28. The molecule has 1 heterocycles. The van der Waals surface area contributed by atoms with Gasteiger partial charge in [-0.05, 0) is 24.5 Å². The molecule has 1 unspecified atom stereocenters. The molecule has 1 atom stereocenters. The molecule has 1 N–H and O–H groups in total. The zero-order chi connectivity index (χ0) is 13.1. The van der Waals surface area contributed by atoms with E-state index < -0.39 is 0 Å². The van der Waals surface area contributed by atoms with E-state index in [-0.39, 0.29) is 11.9 Å². The fourth-order valence-corrected chi connectivity index (χ4v) is 2.49. The summed E-state index contributed by atoms with van der Waals surface area (Å²) in [6.45, 7) is 0. The third-order valence-corrected chi connectivity index (χ3v) is 3.53. The zero-order valence-corrected chi connectivity index (χ0v) is 11.2. The van der Waals surface area contributed by atoms with E-state index in [1.54, 1.807) is 14.2 Å². The minimum Gasteiger partial charge on any atom is -0.493 e. The molecule has 0 saturated carbocycles. The number of nitrogens with one attached hydrogen (secondary N) is 1. The fraction of sp³-hybridized carbons (Fsp3) is 0.462. The van der Waals surface area contributed by atoms with Crippen molar-refractivity contribution in [1.29, 1.82) is 0 Å². The minimum absolute atomic E-state index is 0.108. The normalized spacial score (nSPS) is 18.6. The van der Waals surface area contributed by atoms with Crippen LogP contribution < -0.4 is 14.8 Å². The molecule has 18 heavy (non-hydrogen) atoms. The second-order valence-corrected chi connectivity index (χ2v) is 4.66. The standard InChI is InChI=1S/C13H16ClNO3/c1-17-10-5-3-8(12(14)13(10)18-2)7-9-4-6-11(16)15-9/h3,5,9H,4,6-7H2,1-2H3,(H,15,16). The topological polar surface area (TPSA) is 47.6 Å². The van der Waals surface area contributed by atoms with Crippen LogP contribution in [0.1, 0.15) is 18.4 Å². The van der Waals surface area contributed by atoms with Gasteiger partial charge >= 0.3 is 0 Å². The van der Waals surface area contributed by atoms with Gasteiger partial charge in [-0.25, -0.2) is 0 Å². The average molecular weight is 270 g/mol. The molecule has 1 amide bonds. The van der Waals surface area contributed by atoms with Crippen molar-refractivity contribution in [3.63, 3.8) is 0 Å². The third-order valence-electron chi connectivity index (χ3n) is 3.12. The predicted molar refractivity (Wildman–Crippen MR) is 69.4 cm³/mol. The number of hydrogen-bond acceptors (Lipinski definition) is 3. The number of hydrogen-bond donors (Lipinski definition) is 1. The van der Waals surface area contributed by atoms with Gasteiger partial charge in [0.05, 0.1) is 19.2 Å². The Kier molecular flexibility index (Phi) is 3.97. The predicted octanol–water partition coefficient (Wildman–Crippen LogP) is 2.18. The lowest BCUT2D eigenvalue weighted by atomic mass is 10.0. The maximum Gasteiger partial charge on any atom is 0.220 e. The largest absolute Gasteiger partial charge is 0.493 e. The number of carbonyl (C=O) groups excluding carboxylic acids is 1. The van der Waals surface area contributed by atoms with Gasteiger partial charge in [0.2, 0.25) is 5.91 Å². The van der Waals surface area contributed by atoms with Crippen LogP contribution in [0.5, 0.6) is 11.5 Å². The molecule has 5 heteroatoms. The first-order chi connectivity index (χ1) is 8.65. The van der Waals surface area contributed by atoms with Crippen LogP contribution in [-0.4, -0.2) is 26.2 Å². The van der Waals surface area contributed by atoms with E-state index in [9.17, 15) is 4.79 Å². The summed E-state index contributed by atoms with van der Waals surface area (Å²) in [6.07, 6.45) is 2.16. The lowest BCUT2D eigenvalue weighted by Crippen LogP contribution is -2.27. The van der Waals surface area contributed by atoms with Crippen molar-refractivity contribution in [1.82, 2.24) is 5.32 Å². The molecule has 4 nitrogen and oxygen atoms in total. The molecule has 1 aromatic carbocycles. The highest BCUT2D eigenvalue weighted by Gasteiger charge is 2.23. The van der Waals surface area contributed by atoms with Crippen molar-refractivity contribution in [3.8, 4) is 11.5 Å². The number of ether oxygens (including phenoxy) is 2. The van der Waals surface area contributed by atoms with Crippen LogP contribution in [0.25, 0.3) is 0 Å². The quantitative estimate of drug-likeness (QED) is 0.911. The number of rotatable bonds is 4. The Morgan fingerprint density at radius 1 is 1.39 bits per heavy atom. The van der Waals surface area contributed by atoms with Gasteiger partial charge in [0, 0.05) is 12.5 Å². The van der Waals surface area contributed by atoms with Crippen molar-refractivity contribution in [2.24, 2.45) is 0 Å². The number of benzene rings is 1. The van der Waals surface area contributed by atoms with Gasteiger partial charge in [0.15, 0.2) is 11.5 Å². The van der Waals surface area contributed by atoms with Gasteiger partial charge in [-0.3, -0.25) is 4.79 Å². The Morgan fingerprint density at radius 3 is 2.72 bits per heavy atom. The third kappa shape index (κ3) is 2.53. The molecule has 1 saturated heterocycles. The maximum absolute atomic E-state index is 11.2. The monoisotopic (exact) mass is 269 g/mol. The second kappa shape index (κ2) is 5.48. The molecule has 1 aliphatic heterocycles. The highest BCUT2D eigenvalue weighted by molar-refractivity contribution is 6.33. The van der Waals surface area contributed by atoms with Gasteiger partial charge < -0.3 is 14.8 Å². The van der Waals surface area contributed by atoms with Crippen molar-refractivity contribution in [2.75, 3.05) is 14.2 Å². The Hall–Kier alpha value is -1.42. The summed E-state index contributed by atoms with van der Waals surface area (Å²) in [7, 11) is 3.13. The molecule has 1 aromatic rings. The summed E-state index contributed by atoms with van der Waals surface area (Å²) >= 11 is 6.29. The summed E-state index contributed by atoms with van der Waals surface area (Å²) in [5.41, 5.74) is 0.960. The molecule has 1 aliphatic rings. The van der Waals surface area contributed by atoms with Gasteiger partial charge in [-0.1, -0.05) is 17.7 Å². The van der Waals surface area contributed by atoms with Gasteiger partial charge in [0.1, 0.15) is 0 Å². The lowest BCUT2D eigenvalue weighted by molar-refractivity contribution is -0.119. The Bertz CT molecular complexity index is 462. The Labute approximate surface area is 111 Å². The first kappa shape index (κ1) is 13.0. The summed E-state index contributed by atoms with van der Waals surface area (Å²) in [5.74, 6) is 1.26. The molecule has 98 valence electrons. The van der Waals surface area contributed by atoms with Crippen LogP contribution in [0.2, 0.25) is 5.02 Å². The van der Waals surface area contributed by atoms with Crippen molar-refractivity contribution >= 4 is 17.5 Å². The first-order valence-electron chi connectivity index (χ1n) is 5.84. The van der Waals surface area contributed by atoms with E-state index in [0.29, 0.717) is 29.4 Å². The van der Waals surface area contributed by atoms with Crippen LogP contribution in [0.15, 0.2) is 12.1 Å². The Morgan fingerprint density at radius 2 is 2.17 bits per heavy atom. The van der Waals surface area contributed by atoms with Crippen molar-refractivity contribution in [2.45, 2.75) is 25.3 Å². The molecule has 1 fully saturated rings. The van der Waals surface area contributed by atoms with Gasteiger partial charge in [0.25, 0.3) is 0 Å².